The van der Waals surface area contributed by atoms with Crippen molar-refractivity contribution in [2.24, 2.45) is 0 Å². The zero-order valence-electron chi connectivity index (χ0n) is 8.88. The predicted octanol–water partition coefficient (Wildman–Crippen LogP) is 8.69. The van der Waals surface area contributed by atoms with E-state index in [4.69, 9.17) is 0 Å². The zero-order chi connectivity index (χ0) is 14.3. The molecule has 0 N–H and O–H groups in total. The van der Waals surface area contributed by atoms with Crippen LogP contribution in [0, 0.1) is 0 Å². The van der Waals surface area contributed by atoms with Gasteiger partial charge in [0, 0.05) is 42.4 Å². The highest BCUT2D eigenvalue weighted by atomic mass is 79.9. The summed E-state index contributed by atoms with van der Waals surface area (Å²) in [5, 5.41) is 0. The van der Waals surface area contributed by atoms with Crippen LogP contribution in [0.3, 0.4) is 0 Å². The van der Waals surface area contributed by atoms with E-state index >= 15 is 0 Å². The summed E-state index contributed by atoms with van der Waals surface area (Å²) in [5.74, 6) is 0. The van der Waals surface area contributed by atoms with Crippen LogP contribution in [-0.2, 0) is 0 Å². The van der Waals surface area contributed by atoms with E-state index in [1.54, 1.807) is 0 Å². The van der Waals surface area contributed by atoms with Gasteiger partial charge in [-0.3, -0.25) is 0 Å². The molecule has 0 fully saturated rings. The second-order valence-corrected chi connectivity index (χ2v) is 9.51. The van der Waals surface area contributed by atoms with E-state index in [9.17, 15) is 0 Å². The fourth-order valence-electron chi connectivity index (χ4n) is 1.58. The van der Waals surface area contributed by atoms with Gasteiger partial charge in [-0.2, -0.15) is 0 Å². The average molecular weight is 706 g/mol. The van der Waals surface area contributed by atoms with Crippen molar-refractivity contribution in [1.82, 2.24) is 0 Å². The molecule has 2 aromatic carbocycles. The molecule has 0 aliphatic rings. The smallest absolute Gasteiger partial charge is 0.0466 e. The van der Waals surface area contributed by atoms with Crippen LogP contribution in [0.1, 0.15) is 0 Å². The van der Waals surface area contributed by atoms with Gasteiger partial charge in [0.05, 0.1) is 0 Å². The monoisotopic (exact) mass is 699 g/mol. The van der Waals surface area contributed by atoms with Gasteiger partial charge in [0.25, 0.3) is 0 Å². The SMILES string of the molecule is Brc1cc(Br)c(-c2c(Br)cc(Br)c(Br)c2Br)c(Br)c1. The fourth-order valence-corrected chi connectivity index (χ4v) is 7.06. The van der Waals surface area contributed by atoms with Gasteiger partial charge in [-0.25, -0.2) is 0 Å². The van der Waals surface area contributed by atoms with Crippen LogP contribution in [0.5, 0.6) is 0 Å². The Hall–Kier alpha value is 1.80. The second kappa shape index (κ2) is 6.92. The van der Waals surface area contributed by atoms with E-state index in [2.05, 4.69) is 112 Å². The summed E-state index contributed by atoms with van der Waals surface area (Å²) in [6.45, 7) is 0. The van der Waals surface area contributed by atoms with Crippen molar-refractivity contribution in [3.8, 4) is 11.1 Å². The molecule has 7 heteroatoms. The van der Waals surface area contributed by atoms with E-state index in [-0.39, 0.29) is 0 Å². The lowest BCUT2D eigenvalue weighted by molar-refractivity contribution is 1.45. The van der Waals surface area contributed by atoms with Crippen LogP contribution < -0.4 is 0 Å². The Kier molecular flexibility index (Phi) is 6.25. The van der Waals surface area contributed by atoms with Gasteiger partial charge in [0.15, 0.2) is 0 Å². The Morgan fingerprint density at radius 1 is 0.474 bits per heavy atom. The van der Waals surface area contributed by atoms with Crippen molar-refractivity contribution < 1.29 is 0 Å². The molecule has 19 heavy (non-hydrogen) atoms. The highest BCUT2D eigenvalue weighted by Gasteiger charge is 2.19. The van der Waals surface area contributed by atoms with E-state index in [0.29, 0.717) is 0 Å². The molecule has 0 bridgehead atoms. The normalized spacial score (nSPS) is 10.9. The Morgan fingerprint density at radius 2 is 0.947 bits per heavy atom. The zero-order valence-corrected chi connectivity index (χ0v) is 20.0. The van der Waals surface area contributed by atoms with Gasteiger partial charge in [-0.05, 0) is 66.0 Å². The third-order valence-corrected chi connectivity index (χ3v) is 8.01. The number of halogens is 7. The molecule has 0 radical (unpaired) electrons. The molecule has 0 heterocycles. The Morgan fingerprint density at radius 3 is 1.47 bits per heavy atom. The van der Waals surface area contributed by atoms with Crippen molar-refractivity contribution in [2.45, 2.75) is 0 Å². The number of benzene rings is 2. The summed E-state index contributed by atoms with van der Waals surface area (Å²) < 4.78 is 6.97. The first-order valence-corrected chi connectivity index (χ1v) is 10.4. The summed E-state index contributed by atoms with van der Waals surface area (Å²) in [6, 6.07) is 6.06. The van der Waals surface area contributed by atoms with Gasteiger partial charge in [-0.1, -0.05) is 63.7 Å². The van der Waals surface area contributed by atoms with Crippen molar-refractivity contribution in [1.29, 1.82) is 0 Å². The number of hydrogen-bond acceptors (Lipinski definition) is 0. The molecule has 2 aromatic rings. The molecule has 0 atom stereocenters. The van der Waals surface area contributed by atoms with Crippen molar-refractivity contribution in [3.05, 3.63) is 49.5 Å². The van der Waals surface area contributed by atoms with Gasteiger partial charge in [0.1, 0.15) is 0 Å². The summed E-state index contributed by atoms with van der Waals surface area (Å²) in [6.07, 6.45) is 0. The van der Waals surface area contributed by atoms with Crippen LogP contribution in [0.15, 0.2) is 49.5 Å². The van der Waals surface area contributed by atoms with Gasteiger partial charge >= 0.3 is 0 Å². The third-order valence-electron chi connectivity index (χ3n) is 2.37. The molecule has 100 valence electrons. The topological polar surface area (TPSA) is 0 Å². The van der Waals surface area contributed by atoms with Crippen LogP contribution in [0.25, 0.3) is 11.1 Å². The first-order chi connectivity index (χ1) is 8.82. The van der Waals surface area contributed by atoms with Crippen molar-refractivity contribution in [3.63, 3.8) is 0 Å². The summed E-state index contributed by atoms with van der Waals surface area (Å²) in [4.78, 5) is 0. The molecular formula is C12H3Br7. The standard InChI is InChI=1S/C12H3Br7/c13-4-1-5(14)9(6(15)2-4)10-7(16)3-8(17)11(18)12(10)19/h1-3H. The largest absolute Gasteiger partial charge is 0.0508 e. The van der Waals surface area contributed by atoms with E-state index in [1.165, 1.54) is 0 Å². The molecule has 2 rings (SSSR count). The van der Waals surface area contributed by atoms with Crippen LogP contribution in [-0.4, -0.2) is 0 Å². The highest BCUT2D eigenvalue weighted by Crippen LogP contribution is 2.48. The highest BCUT2D eigenvalue weighted by molar-refractivity contribution is 9.14. The number of hydrogen-bond donors (Lipinski definition) is 0. The molecule has 0 aliphatic carbocycles. The predicted molar refractivity (Wildman–Crippen MR) is 106 cm³/mol. The molecule has 0 aliphatic heterocycles. The maximum atomic E-state index is 3.65. The minimum Gasteiger partial charge on any atom is -0.0508 e. The maximum Gasteiger partial charge on any atom is 0.0466 e. The lowest BCUT2D eigenvalue weighted by Gasteiger charge is -2.15. The second-order valence-electron chi connectivity index (χ2n) is 3.59. The summed E-state index contributed by atoms with van der Waals surface area (Å²) >= 11 is 25.1. The van der Waals surface area contributed by atoms with Crippen molar-refractivity contribution >= 4 is 112 Å². The quantitative estimate of drug-likeness (QED) is 0.206. The lowest BCUT2D eigenvalue weighted by Crippen LogP contribution is -1.89. The Balaban J connectivity index is 2.84. The van der Waals surface area contributed by atoms with Crippen LogP contribution in [0.2, 0.25) is 0 Å². The summed E-state index contributed by atoms with van der Waals surface area (Å²) in [5.41, 5.74) is 2.15. The Bertz CT molecular complexity index is 641. The Labute approximate surface area is 170 Å². The first-order valence-electron chi connectivity index (χ1n) is 4.80. The lowest BCUT2D eigenvalue weighted by atomic mass is 10.1. The molecule has 0 unspecified atom stereocenters. The minimum atomic E-state index is 0.979. The third kappa shape index (κ3) is 3.59. The van der Waals surface area contributed by atoms with E-state index in [1.807, 2.05) is 18.2 Å². The average Bonchev–Trinajstić information content (AvgIpc) is 2.29. The van der Waals surface area contributed by atoms with Crippen LogP contribution in [0.4, 0.5) is 0 Å². The van der Waals surface area contributed by atoms with Crippen LogP contribution >= 0.6 is 112 Å². The molecule has 0 nitrogen and oxygen atoms in total. The number of rotatable bonds is 1. The minimum absolute atomic E-state index is 0.979. The maximum absolute atomic E-state index is 3.65. The van der Waals surface area contributed by atoms with E-state index in [0.717, 1.165) is 42.4 Å². The van der Waals surface area contributed by atoms with Gasteiger partial charge in [0.2, 0.25) is 0 Å². The molecule has 0 amide bonds. The molecule has 0 saturated carbocycles. The molecule has 0 spiro atoms. The summed E-state index contributed by atoms with van der Waals surface area (Å²) in [7, 11) is 0. The van der Waals surface area contributed by atoms with Gasteiger partial charge < -0.3 is 0 Å². The molecule has 0 aromatic heterocycles. The van der Waals surface area contributed by atoms with Crippen molar-refractivity contribution in [2.75, 3.05) is 0 Å². The fraction of sp³-hybridized carbons (Fsp3) is 0. The van der Waals surface area contributed by atoms with E-state index < -0.39 is 0 Å². The molecular weight excluding hydrogens is 703 g/mol. The molecule has 0 saturated heterocycles. The first kappa shape index (κ1) is 17.2. The van der Waals surface area contributed by atoms with Gasteiger partial charge in [-0.15, -0.1) is 0 Å².